The summed E-state index contributed by atoms with van der Waals surface area (Å²) in [5.41, 5.74) is 1.07. The average molecular weight is 469 g/mol. The molecule has 0 heterocycles. The molecule has 1 N–H and O–H groups in total. The molecule has 24 heavy (non-hydrogen) atoms. The molecule has 0 radical (unpaired) electrons. The third-order valence-electron chi connectivity index (χ3n) is 3.12. The van der Waals surface area contributed by atoms with Gasteiger partial charge in [0, 0.05) is 46.4 Å². The van der Waals surface area contributed by atoms with Crippen molar-refractivity contribution in [2.75, 3.05) is 47.9 Å². The zero-order chi connectivity index (χ0) is 17.2. The van der Waals surface area contributed by atoms with E-state index in [0.717, 1.165) is 5.56 Å². The molecular formula is C16H26ClIN4O2. The number of hydrogen-bond donors (Lipinski definition) is 1. The van der Waals surface area contributed by atoms with Crippen LogP contribution in [-0.2, 0) is 16.1 Å². The maximum Gasteiger partial charge on any atom is 0.243 e. The number of methoxy groups -OCH3 is 1. The molecule has 1 aromatic carbocycles. The number of carbonyl (C=O) groups is 1. The Hall–Kier alpha value is -1.06. The molecular weight excluding hydrogens is 443 g/mol. The molecule has 0 spiro atoms. The highest BCUT2D eigenvalue weighted by molar-refractivity contribution is 14.0. The van der Waals surface area contributed by atoms with Crippen LogP contribution in [0.2, 0.25) is 5.02 Å². The molecule has 1 rings (SSSR count). The van der Waals surface area contributed by atoms with E-state index in [4.69, 9.17) is 16.3 Å². The van der Waals surface area contributed by atoms with Gasteiger partial charge in [-0.1, -0.05) is 23.7 Å². The summed E-state index contributed by atoms with van der Waals surface area (Å²) in [6.07, 6.45) is 0. The van der Waals surface area contributed by atoms with E-state index in [0.29, 0.717) is 30.7 Å². The van der Waals surface area contributed by atoms with Gasteiger partial charge < -0.3 is 19.9 Å². The van der Waals surface area contributed by atoms with Crippen LogP contribution in [0.1, 0.15) is 5.56 Å². The number of likely N-dealkylation sites (N-methyl/N-ethyl adjacent to an activating group) is 1. The van der Waals surface area contributed by atoms with Gasteiger partial charge in [0.15, 0.2) is 5.96 Å². The highest BCUT2D eigenvalue weighted by Crippen LogP contribution is 2.12. The third-order valence-corrected chi connectivity index (χ3v) is 3.36. The maximum absolute atomic E-state index is 11.7. The molecule has 0 aliphatic heterocycles. The van der Waals surface area contributed by atoms with E-state index in [-0.39, 0.29) is 36.4 Å². The second-order valence-electron chi connectivity index (χ2n) is 5.33. The molecule has 0 saturated heterocycles. The van der Waals surface area contributed by atoms with Crippen LogP contribution in [-0.4, -0.2) is 69.6 Å². The lowest BCUT2D eigenvalue weighted by Gasteiger charge is -2.23. The van der Waals surface area contributed by atoms with Gasteiger partial charge in [0.1, 0.15) is 6.54 Å². The normalized spacial score (nSPS) is 10.8. The van der Waals surface area contributed by atoms with Crippen molar-refractivity contribution >= 4 is 47.4 Å². The Kier molecular flexibility index (Phi) is 11.8. The molecule has 0 aliphatic carbocycles. The van der Waals surface area contributed by atoms with Crippen molar-refractivity contribution < 1.29 is 9.53 Å². The lowest BCUT2D eigenvalue weighted by atomic mass is 10.2. The smallest absolute Gasteiger partial charge is 0.243 e. The number of benzene rings is 1. The number of halogens is 2. The highest BCUT2D eigenvalue weighted by Gasteiger charge is 2.09. The summed E-state index contributed by atoms with van der Waals surface area (Å²) in [4.78, 5) is 19.6. The van der Waals surface area contributed by atoms with Gasteiger partial charge in [0.25, 0.3) is 0 Å². The van der Waals surface area contributed by atoms with E-state index in [2.05, 4.69) is 10.3 Å². The zero-order valence-electron chi connectivity index (χ0n) is 14.6. The Labute approximate surface area is 166 Å². The van der Waals surface area contributed by atoms with Gasteiger partial charge in [-0.25, -0.2) is 4.99 Å². The van der Waals surface area contributed by atoms with Crippen molar-refractivity contribution in [3.63, 3.8) is 0 Å². The van der Waals surface area contributed by atoms with Crippen LogP contribution in [0.5, 0.6) is 0 Å². The van der Waals surface area contributed by atoms with Crippen LogP contribution in [0.25, 0.3) is 0 Å². The second kappa shape index (κ2) is 12.3. The first-order valence-electron chi connectivity index (χ1n) is 7.37. The maximum atomic E-state index is 11.7. The molecule has 0 saturated carbocycles. The van der Waals surface area contributed by atoms with Gasteiger partial charge in [0.05, 0.1) is 6.61 Å². The molecule has 1 amide bonds. The van der Waals surface area contributed by atoms with E-state index in [9.17, 15) is 4.79 Å². The Bertz CT molecular complexity index is 541. The fourth-order valence-electron chi connectivity index (χ4n) is 1.84. The molecule has 136 valence electrons. The van der Waals surface area contributed by atoms with Crippen molar-refractivity contribution in [3.8, 4) is 0 Å². The van der Waals surface area contributed by atoms with Gasteiger partial charge >= 0.3 is 0 Å². The monoisotopic (exact) mass is 468 g/mol. The number of hydrogen-bond acceptors (Lipinski definition) is 3. The highest BCUT2D eigenvalue weighted by atomic mass is 127. The van der Waals surface area contributed by atoms with Crippen LogP contribution < -0.4 is 5.32 Å². The number of ether oxygens (including phenoxy) is 1. The summed E-state index contributed by atoms with van der Waals surface area (Å²) >= 11 is 6.02. The lowest BCUT2D eigenvalue weighted by molar-refractivity contribution is -0.127. The zero-order valence-corrected chi connectivity index (χ0v) is 17.7. The van der Waals surface area contributed by atoms with Gasteiger partial charge in [-0.2, -0.15) is 0 Å². The summed E-state index contributed by atoms with van der Waals surface area (Å²) in [6, 6.07) is 7.67. The van der Waals surface area contributed by atoms with Crippen molar-refractivity contribution in [2.45, 2.75) is 6.54 Å². The summed E-state index contributed by atoms with van der Waals surface area (Å²) in [5.74, 6) is 0.601. The summed E-state index contributed by atoms with van der Waals surface area (Å²) in [7, 11) is 6.99. The van der Waals surface area contributed by atoms with Gasteiger partial charge in [0.2, 0.25) is 5.91 Å². The first-order valence-corrected chi connectivity index (χ1v) is 7.74. The average Bonchev–Trinajstić information content (AvgIpc) is 2.50. The van der Waals surface area contributed by atoms with Crippen molar-refractivity contribution in [2.24, 2.45) is 4.99 Å². The van der Waals surface area contributed by atoms with E-state index in [1.54, 1.807) is 21.2 Å². The molecule has 6 nitrogen and oxygen atoms in total. The number of rotatable bonds is 7. The Morgan fingerprint density at radius 3 is 2.62 bits per heavy atom. The van der Waals surface area contributed by atoms with Crippen LogP contribution in [0.4, 0.5) is 0 Å². The SMILES string of the molecule is COCCNC(=NCC(=O)N(C)C)N(C)Cc1cccc(Cl)c1.I. The molecule has 8 heteroatoms. The number of nitrogens with zero attached hydrogens (tertiary/aromatic N) is 3. The Morgan fingerprint density at radius 2 is 2.04 bits per heavy atom. The van der Waals surface area contributed by atoms with Crippen molar-refractivity contribution in [3.05, 3.63) is 34.9 Å². The van der Waals surface area contributed by atoms with E-state index >= 15 is 0 Å². The molecule has 0 atom stereocenters. The van der Waals surface area contributed by atoms with E-state index in [1.807, 2.05) is 36.2 Å². The minimum atomic E-state index is -0.0489. The summed E-state index contributed by atoms with van der Waals surface area (Å²) in [6.45, 7) is 1.91. The van der Waals surface area contributed by atoms with Crippen molar-refractivity contribution in [1.29, 1.82) is 0 Å². The molecule has 0 aromatic heterocycles. The molecule has 0 unspecified atom stereocenters. The summed E-state index contributed by atoms with van der Waals surface area (Å²) < 4.78 is 5.04. The van der Waals surface area contributed by atoms with Gasteiger partial charge in [-0.3, -0.25) is 4.79 Å². The van der Waals surface area contributed by atoms with E-state index in [1.165, 1.54) is 4.90 Å². The van der Waals surface area contributed by atoms with Gasteiger partial charge in [-0.15, -0.1) is 24.0 Å². The number of aliphatic imine (C=N–C) groups is 1. The van der Waals surface area contributed by atoms with E-state index < -0.39 is 0 Å². The first kappa shape index (κ1) is 22.9. The standard InChI is InChI=1S/C16H25ClN4O2.HI/c1-20(2)15(22)11-19-16(18-8-9-23-4)21(3)12-13-6-5-7-14(17)10-13;/h5-7,10H,8-9,11-12H2,1-4H3,(H,18,19);1H. The first-order chi connectivity index (χ1) is 10.9. The number of nitrogens with one attached hydrogen (secondary N) is 1. The summed E-state index contributed by atoms with van der Waals surface area (Å²) in [5, 5.41) is 3.90. The topological polar surface area (TPSA) is 57.2 Å². The fourth-order valence-corrected chi connectivity index (χ4v) is 2.06. The molecule has 0 aliphatic rings. The van der Waals surface area contributed by atoms with Crippen LogP contribution >= 0.6 is 35.6 Å². The van der Waals surface area contributed by atoms with Crippen molar-refractivity contribution in [1.82, 2.24) is 15.1 Å². The molecule has 0 fully saturated rings. The fraction of sp³-hybridized carbons (Fsp3) is 0.500. The molecule has 1 aromatic rings. The quantitative estimate of drug-likeness (QED) is 0.288. The molecule has 0 bridgehead atoms. The lowest BCUT2D eigenvalue weighted by Crippen LogP contribution is -2.41. The predicted octanol–water partition coefficient (Wildman–Crippen LogP) is 2.07. The van der Waals surface area contributed by atoms with Crippen LogP contribution in [0.3, 0.4) is 0 Å². The number of amides is 1. The number of carbonyl (C=O) groups excluding carboxylic acids is 1. The van der Waals surface area contributed by atoms with Crippen LogP contribution in [0, 0.1) is 0 Å². The minimum absolute atomic E-state index is 0. The third kappa shape index (κ3) is 8.70. The van der Waals surface area contributed by atoms with Gasteiger partial charge in [-0.05, 0) is 17.7 Å². The number of guanidine groups is 1. The minimum Gasteiger partial charge on any atom is -0.383 e. The van der Waals surface area contributed by atoms with Crippen LogP contribution in [0.15, 0.2) is 29.3 Å². The second-order valence-corrected chi connectivity index (χ2v) is 5.77. The Morgan fingerprint density at radius 1 is 1.33 bits per heavy atom. The largest absolute Gasteiger partial charge is 0.383 e. The predicted molar refractivity (Wildman–Crippen MR) is 109 cm³/mol. The Balaban J connectivity index is 0.00000529.